The van der Waals surface area contributed by atoms with Gasteiger partial charge in [0.15, 0.2) is 5.16 Å². The molecule has 0 spiro atoms. The summed E-state index contributed by atoms with van der Waals surface area (Å²) in [5.41, 5.74) is 2.28. The summed E-state index contributed by atoms with van der Waals surface area (Å²) in [4.78, 5) is 18.1. The number of sulfonamides is 1. The van der Waals surface area contributed by atoms with Crippen molar-refractivity contribution < 1.29 is 8.42 Å². The van der Waals surface area contributed by atoms with Gasteiger partial charge >= 0.3 is 0 Å². The summed E-state index contributed by atoms with van der Waals surface area (Å²) in [6, 6.07) is 23.1. The first-order chi connectivity index (χ1) is 15.0. The molecular formula is C23H21N3O3S2. The number of nitrogens with zero attached hydrogens (tertiary/aromatic N) is 2. The van der Waals surface area contributed by atoms with Crippen LogP contribution in [-0.2, 0) is 10.0 Å². The van der Waals surface area contributed by atoms with Gasteiger partial charge in [-0.3, -0.25) is 9.36 Å². The Morgan fingerprint density at radius 3 is 2.35 bits per heavy atom. The highest BCUT2D eigenvalue weighted by Gasteiger charge is 2.15. The lowest BCUT2D eigenvalue weighted by molar-refractivity contribution is 0.584. The van der Waals surface area contributed by atoms with E-state index in [2.05, 4.69) is 9.71 Å². The highest BCUT2D eigenvalue weighted by Crippen LogP contribution is 2.21. The van der Waals surface area contributed by atoms with Gasteiger partial charge in [-0.1, -0.05) is 59.8 Å². The standard InChI is InChI=1S/C23H21N3O3S2/c1-17-11-13-18(14-12-17)26-22(27)20-9-5-6-10-21(20)25-23(26)30-16-15-24-31(28,29)19-7-3-2-4-8-19/h2-14,24H,15-16H2,1H3. The maximum Gasteiger partial charge on any atom is 0.266 e. The third-order valence-corrected chi connectivity index (χ3v) is 7.13. The second kappa shape index (κ2) is 9.05. The number of thioether (sulfide) groups is 1. The fourth-order valence-corrected chi connectivity index (χ4v) is 5.18. The lowest BCUT2D eigenvalue weighted by Gasteiger charge is -2.13. The molecule has 4 rings (SSSR count). The number of hydrogen-bond acceptors (Lipinski definition) is 5. The van der Waals surface area contributed by atoms with E-state index < -0.39 is 10.0 Å². The molecule has 0 bridgehead atoms. The molecule has 3 aromatic carbocycles. The average molecular weight is 452 g/mol. The number of fused-ring (bicyclic) bond motifs is 1. The minimum atomic E-state index is -3.58. The van der Waals surface area contributed by atoms with Crippen LogP contribution in [0.5, 0.6) is 0 Å². The molecule has 0 atom stereocenters. The van der Waals surface area contributed by atoms with Gasteiger partial charge in [0.1, 0.15) is 0 Å². The Bertz CT molecular complexity index is 1370. The number of aryl methyl sites for hydroxylation is 1. The van der Waals surface area contributed by atoms with Crippen molar-refractivity contribution in [2.24, 2.45) is 0 Å². The Balaban J connectivity index is 1.60. The van der Waals surface area contributed by atoms with E-state index in [4.69, 9.17) is 0 Å². The topological polar surface area (TPSA) is 81.1 Å². The predicted molar refractivity (Wildman–Crippen MR) is 124 cm³/mol. The summed E-state index contributed by atoms with van der Waals surface area (Å²) >= 11 is 1.34. The van der Waals surface area contributed by atoms with Crippen molar-refractivity contribution in [2.75, 3.05) is 12.3 Å². The second-order valence-electron chi connectivity index (χ2n) is 6.95. The summed E-state index contributed by atoms with van der Waals surface area (Å²) in [6.45, 7) is 2.19. The monoisotopic (exact) mass is 451 g/mol. The highest BCUT2D eigenvalue weighted by atomic mass is 32.2. The first kappa shape index (κ1) is 21.3. The molecule has 4 aromatic rings. The lowest BCUT2D eigenvalue weighted by Crippen LogP contribution is -2.26. The third-order valence-electron chi connectivity index (χ3n) is 4.72. The Hall–Kier alpha value is -2.94. The molecule has 8 heteroatoms. The highest BCUT2D eigenvalue weighted by molar-refractivity contribution is 7.99. The molecule has 6 nitrogen and oxygen atoms in total. The van der Waals surface area contributed by atoms with Gasteiger partial charge in [0.2, 0.25) is 10.0 Å². The van der Waals surface area contributed by atoms with Crippen LogP contribution in [0.3, 0.4) is 0 Å². The van der Waals surface area contributed by atoms with Crippen molar-refractivity contribution in [1.29, 1.82) is 0 Å². The van der Waals surface area contributed by atoms with Gasteiger partial charge in [-0.15, -0.1) is 0 Å². The summed E-state index contributed by atoms with van der Waals surface area (Å²) in [5.74, 6) is 0.419. The van der Waals surface area contributed by atoms with Crippen molar-refractivity contribution in [3.8, 4) is 5.69 Å². The molecule has 1 N–H and O–H groups in total. The Kier molecular flexibility index (Phi) is 6.22. The van der Waals surface area contributed by atoms with Gasteiger partial charge < -0.3 is 0 Å². The Labute approximate surface area is 185 Å². The first-order valence-corrected chi connectivity index (χ1v) is 12.2. The molecule has 0 radical (unpaired) electrons. The van der Waals surface area contributed by atoms with Crippen LogP contribution in [0, 0.1) is 6.92 Å². The van der Waals surface area contributed by atoms with Crippen LogP contribution in [0.2, 0.25) is 0 Å². The molecule has 0 aliphatic rings. The summed E-state index contributed by atoms with van der Waals surface area (Å²) in [7, 11) is -3.58. The van der Waals surface area contributed by atoms with E-state index in [-0.39, 0.29) is 17.0 Å². The molecule has 0 saturated heterocycles. The van der Waals surface area contributed by atoms with E-state index in [1.54, 1.807) is 47.0 Å². The fourth-order valence-electron chi connectivity index (χ4n) is 3.13. The summed E-state index contributed by atoms with van der Waals surface area (Å²) in [6.07, 6.45) is 0. The van der Waals surface area contributed by atoms with Crippen molar-refractivity contribution in [3.05, 3.63) is 94.8 Å². The number of aromatic nitrogens is 2. The second-order valence-corrected chi connectivity index (χ2v) is 9.78. The molecule has 0 amide bonds. The molecule has 0 unspecified atom stereocenters. The fraction of sp³-hybridized carbons (Fsp3) is 0.130. The van der Waals surface area contributed by atoms with Crippen LogP contribution in [0.15, 0.2) is 93.7 Å². The minimum absolute atomic E-state index is 0.151. The zero-order valence-corrected chi connectivity index (χ0v) is 18.5. The predicted octanol–water partition coefficient (Wildman–Crippen LogP) is 3.76. The van der Waals surface area contributed by atoms with Crippen molar-refractivity contribution >= 4 is 32.7 Å². The molecule has 0 aliphatic heterocycles. The smallest absolute Gasteiger partial charge is 0.266 e. The molecule has 1 heterocycles. The lowest BCUT2D eigenvalue weighted by atomic mass is 10.2. The normalized spacial score (nSPS) is 11.6. The van der Waals surface area contributed by atoms with Crippen molar-refractivity contribution in [3.63, 3.8) is 0 Å². The van der Waals surface area contributed by atoms with E-state index in [1.807, 2.05) is 43.3 Å². The van der Waals surface area contributed by atoms with Crippen LogP contribution in [0.25, 0.3) is 16.6 Å². The van der Waals surface area contributed by atoms with Gasteiger partial charge in [-0.25, -0.2) is 18.1 Å². The van der Waals surface area contributed by atoms with Crippen molar-refractivity contribution in [1.82, 2.24) is 14.3 Å². The summed E-state index contributed by atoms with van der Waals surface area (Å²) in [5, 5.41) is 1.06. The molecule has 0 aliphatic carbocycles. The van der Waals surface area contributed by atoms with Crippen molar-refractivity contribution in [2.45, 2.75) is 17.0 Å². The van der Waals surface area contributed by atoms with E-state index >= 15 is 0 Å². The summed E-state index contributed by atoms with van der Waals surface area (Å²) < 4.78 is 29.0. The molecule has 1 aromatic heterocycles. The Morgan fingerprint density at radius 2 is 1.61 bits per heavy atom. The first-order valence-electron chi connectivity index (χ1n) is 9.72. The average Bonchev–Trinajstić information content (AvgIpc) is 2.78. The van der Waals surface area contributed by atoms with E-state index in [0.29, 0.717) is 21.8 Å². The van der Waals surface area contributed by atoms with Crippen LogP contribution in [0.1, 0.15) is 5.56 Å². The van der Waals surface area contributed by atoms with Crippen LogP contribution in [0.4, 0.5) is 0 Å². The molecule has 0 fully saturated rings. The van der Waals surface area contributed by atoms with Gasteiger partial charge in [-0.05, 0) is 43.3 Å². The van der Waals surface area contributed by atoms with E-state index in [1.165, 1.54) is 11.8 Å². The zero-order valence-electron chi connectivity index (χ0n) is 16.9. The molecular weight excluding hydrogens is 430 g/mol. The van der Waals surface area contributed by atoms with Gasteiger partial charge in [0, 0.05) is 12.3 Å². The van der Waals surface area contributed by atoms with E-state index in [0.717, 1.165) is 11.3 Å². The molecule has 0 saturated carbocycles. The number of hydrogen-bond donors (Lipinski definition) is 1. The number of benzene rings is 3. The molecule has 31 heavy (non-hydrogen) atoms. The van der Waals surface area contributed by atoms with E-state index in [9.17, 15) is 13.2 Å². The quantitative estimate of drug-likeness (QED) is 0.263. The largest absolute Gasteiger partial charge is 0.268 e. The van der Waals surface area contributed by atoms with Gasteiger partial charge in [0.25, 0.3) is 5.56 Å². The maximum absolute atomic E-state index is 13.2. The van der Waals surface area contributed by atoms with Gasteiger partial charge in [-0.2, -0.15) is 0 Å². The van der Waals surface area contributed by atoms with Crippen LogP contribution < -0.4 is 10.3 Å². The maximum atomic E-state index is 13.2. The minimum Gasteiger partial charge on any atom is -0.268 e. The van der Waals surface area contributed by atoms with Gasteiger partial charge in [0.05, 0.1) is 21.5 Å². The third kappa shape index (κ3) is 4.71. The number of para-hydroxylation sites is 1. The van der Waals surface area contributed by atoms with Crippen LogP contribution in [-0.4, -0.2) is 30.3 Å². The SMILES string of the molecule is Cc1ccc(-n2c(SCCNS(=O)(=O)c3ccccc3)nc3ccccc3c2=O)cc1. The number of nitrogens with one attached hydrogen (secondary N) is 1. The Morgan fingerprint density at radius 1 is 0.935 bits per heavy atom. The molecule has 158 valence electrons. The zero-order chi connectivity index (χ0) is 21.8. The van der Waals surface area contributed by atoms with Crippen LogP contribution >= 0.6 is 11.8 Å². The number of rotatable bonds is 7.